The number of ether oxygens (including phenoxy) is 1. The van der Waals surface area contributed by atoms with Gasteiger partial charge >= 0.3 is 5.97 Å². The van der Waals surface area contributed by atoms with E-state index in [4.69, 9.17) is 5.26 Å². The number of benzene rings is 2. The lowest BCUT2D eigenvalue weighted by atomic mass is 10.1. The number of carbonyl (C=O) groups excluding carboxylic acids is 2. The molecule has 0 saturated heterocycles. The van der Waals surface area contributed by atoms with Crippen LogP contribution >= 0.6 is 11.8 Å². The summed E-state index contributed by atoms with van der Waals surface area (Å²) in [5.41, 5.74) is 2.54. The summed E-state index contributed by atoms with van der Waals surface area (Å²) in [4.78, 5) is 23.4. The molecule has 0 aliphatic carbocycles. The van der Waals surface area contributed by atoms with Crippen molar-refractivity contribution in [2.75, 3.05) is 18.2 Å². The lowest BCUT2D eigenvalue weighted by Crippen LogP contribution is -2.14. The van der Waals surface area contributed by atoms with Crippen molar-refractivity contribution < 1.29 is 14.3 Å². The molecular formula is C18H16N2O3S. The fourth-order valence-electron chi connectivity index (χ4n) is 2.03. The molecule has 122 valence electrons. The summed E-state index contributed by atoms with van der Waals surface area (Å²) in [6.07, 6.45) is 0. The molecule has 0 aliphatic rings. The molecule has 1 amide bonds. The lowest BCUT2D eigenvalue weighted by molar-refractivity contribution is -0.113. The molecule has 2 rings (SSSR count). The molecule has 24 heavy (non-hydrogen) atoms. The first-order valence-corrected chi connectivity index (χ1v) is 8.33. The van der Waals surface area contributed by atoms with Crippen LogP contribution in [0.25, 0.3) is 0 Å². The largest absolute Gasteiger partial charge is 0.465 e. The first-order valence-electron chi connectivity index (χ1n) is 7.17. The molecule has 1 N–H and O–H groups in total. The number of hydrogen-bond acceptors (Lipinski definition) is 5. The van der Waals surface area contributed by atoms with E-state index in [1.807, 2.05) is 12.1 Å². The van der Waals surface area contributed by atoms with Crippen LogP contribution in [0.2, 0.25) is 0 Å². The molecule has 0 radical (unpaired) electrons. The number of anilines is 1. The van der Waals surface area contributed by atoms with Gasteiger partial charge in [0.15, 0.2) is 0 Å². The normalized spacial score (nSPS) is 9.83. The van der Waals surface area contributed by atoms with Crippen LogP contribution in [0.1, 0.15) is 21.5 Å². The van der Waals surface area contributed by atoms with Crippen molar-refractivity contribution in [3.8, 4) is 6.07 Å². The average molecular weight is 340 g/mol. The molecule has 5 nitrogen and oxygen atoms in total. The Balaban J connectivity index is 1.84. The Morgan fingerprint density at radius 2 is 2.00 bits per heavy atom. The minimum Gasteiger partial charge on any atom is -0.465 e. The van der Waals surface area contributed by atoms with Gasteiger partial charge < -0.3 is 10.1 Å². The molecule has 0 bridgehead atoms. The van der Waals surface area contributed by atoms with Crippen molar-refractivity contribution in [2.45, 2.75) is 5.75 Å². The van der Waals surface area contributed by atoms with Crippen molar-refractivity contribution in [1.82, 2.24) is 0 Å². The van der Waals surface area contributed by atoms with Crippen LogP contribution in [0.5, 0.6) is 0 Å². The highest BCUT2D eigenvalue weighted by Crippen LogP contribution is 2.16. The minimum atomic E-state index is -0.378. The average Bonchev–Trinajstić information content (AvgIpc) is 2.61. The number of rotatable bonds is 6. The molecule has 0 saturated carbocycles. The highest BCUT2D eigenvalue weighted by Gasteiger charge is 2.07. The van der Waals surface area contributed by atoms with Gasteiger partial charge in [0.05, 0.1) is 30.1 Å². The predicted octanol–water partition coefficient (Wildman–Crippen LogP) is 3.22. The molecule has 0 unspecified atom stereocenters. The number of amides is 1. The van der Waals surface area contributed by atoms with Gasteiger partial charge in [-0.2, -0.15) is 5.26 Å². The quantitative estimate of drug-likeness (QED) is 0.817. The molecule has 6 heteroatoms. The summed E-state index contributed by atoms with van der Waals surface area (Å²) in [6, 6.07) is 15.9. The second-order valence-electron chi connectivity index (χ2n) is 4.93. The first-order chi connectivity index (χ1) is 11.6. The Morgan fingerprint density at radius 1 is 1.21 bits per heavy atom. The summed E-state index contributed by atoms with van der Waals surface area (Å²) in [5.74, 6) is 0.367. The van der Waals surface area contributed by atoms with Crippen molar-refractivity contribution in [3.63, 3.8) is 0 Å². The van der Waals surface area contributed by atoms with E-state index in [1.165, 1.54) is 18.9 Å². The lowest BCUT2D eigenvalue weighted by Gasteiger charge is -2.06. The zero-order valence-corrected chi connectivity index (χ0v) is 13.9. The van der Waals surface area contributed by atoms with Crippen LogP contribution in [0.15, 0.2) is 48.5 Å². The predicted molar refractivity (Wildman–Crippen MR) is 93.7 cm³/mol. The Bertz CT molecular complexity index is 784. The van der Waals surface area contributed by atoms with Gasteiger partial charge in [-0.1, -0.05) is 18.2 Å². The Morgan fingerprint density at radius 3 is 2.75 bits per heavy atom. The number of thioether (sulfide) groups is 1. The van der Waals surface area contributed by atoms with Crippen LogP contribution in [0.4, 0.5) is 5.69 Å². The zero-order chi connectivity index (χ0) is 17.4. The fourth-order valence-corrected chi connectivity index (χ4v) is 2.81. The molecule has 0 aromatic heterocycles. The summed E-state index contributed by atoms with van der Waals surface area (Å²) in [6.45, 7) is 0. The number of esters is 1. The van der Waals surface area contributed by atoms with E-state index in [0.717, 1.165) is 5.56 Å². The van der Waals surface area contributed by atoms with E-state index < -0.39 is 0 Å². The van der Waals surface area contributed by atoms with Gasteiger partial charge in [0, 0.05) is 11.4 Å². The Hall–Kier alpha value is -2.78. The van der Waals surface area contributed by atoms with Crippen molar-refractivity contribution in [3.05, 3.63) is 65.2 Å². The van der Waals surface area contributed by atoms with E-state index >= 15 is 0 Å². The third-order valence-electron chi connectivity index (χ3n) is 3.13. The number of methoxy groups -OCH3 is 1. The van der Waals surface area contributed by atoms with Crippen molar-refractivity contribution >= 4 is 29.3 Å². The van der Waals surface area contributed by atoms with Crippen LogP contribution in [0.3, 0.4) is 0 Å². The Kier molecular flexibility index (Phi) is 6.41. The minimum absolute atomic E-state index is 0.140. The first kappa shape index (κ1) is 17.6. The topological polar surface area (TPSA) is 79.2 Å². The second kappa shape index (κ2) is 8.75. The van der Waals surface area contributed by atoms with Crippen LogP contribution in [0, 0.1) is 11.3 Å². The summed E-state index contributed by atoms with van der Waals surface area (Å²) >= 11 is 1.44. The van der Waals surface area contributed by atoms with E-state index in [0.29, 0.717) is 22.6 Å². The SMILES string of the molecule is COC(=O)c1cccc(CSCC(=O)Nc2cccc(C#N)c2)c1. The fraction of sp³-hybridized carbons (Fsp3) is 0.167. The highest BCUT2D eigenvalue weighted by atomic mass is 32.2. The zero-order valence-electron chi connectivity index (χ0n) is 13.1. The number of nitrogens with one attached hydrogen (secondary N) is 1. The van der Waals surface area contributed by atoms with Crippen molar-refractivity contribution in [1.29, 1.82) is 5.26 Å². The van der Waals surface area contributed by atoms with E-state index in [2.05, 4.69) is 10.1 Å². The standard InChI is InChI=1S/C18H16N2O3S/c1-23-18(22)15-6-2-5-14(8-15)11-24-12-17(21)20-16-7-3-4-13(9-16)10-19/h2-9H,11-12H2,1H3,(H,20,21). The number of nitriles is 1. The summed E-state index contributed by atoms with van der Waals surface area (Å²) in [5, 5.41) is 11.6. The smallest absolute Gasteiger partial charge is 0.337 e. The van der Waals surface area contributed by atoms with Gasteiger partial charge in [0.25, 0.3) is 0 Å². The molecule has 0 atom stereocenters. The molecule has 0 aliphatic heterocycles. The van der Waals surface area contributed by atoms with E-state index in [9.17, 15) is 9.59 Å². The van der Waals surface area contributed by atoms with E-state index in [1.54, 1.807) is 42.5 Å². The maximum Gasteiger partial charge on any atom is 0.337 e. The second-order valence-corrected chi connectivity index (χ2v) is 5.91. The molecular weight excluding hydrogens is 324 g/mol. The highest BCUT2D eigenvalue weighted by molar-refractivity contribution is 7.99. The van der Waals surface area contributed by atoms with Gasteiger partial charge in [0.1, 0.15) is 0 Å². The molecule has 0 fully saturated rings. The van der Waals surface area contributed by atoms with Crippen LogP contribution in [-0.2, 0) is 15.3 Å². The number of carbonyl (C=O) groups is 2. The van der Waals surface area contributed by atoms with Gasteiger partial charge in [0.2, 0.25) is 5.91 Å². The third kappa shape index (κ3) is 5.14. The van der Waals surface area contributed by atoms with Crippen LogP contribution < -0.4 is 5.32 Å². The molecule has 2 aromatic carbocycles. The molecule has 2 aromatic rings. The number of nitrogens with zero attached hydrogens (tertiary/aromatic N) is 1. The van der Waals surface area contributed by atoms with Gasteiger partial charge in [-0.05, 0) is 35.9 Å². The maximum atomic E-state index is 11.9. The van der Waals surface area contributed by atoms with Crippen LogP contribution in [-0.4, -0.2) is 24.7 Å². The van der Waals surface area contributed by atoms with Gasteiger partial charge in [-0.25, -0.2) is 4.79 Å². The van der Waals surface area contributed by atoms with Gasteiger partial charge in [-0.3, -0.25) is 4.79 Å². The maximum absolute atomic E-state index is 11.9. The summed E-state index contributed by atoms with van der Waals surface area (Å²) < 4.78 is 4.69. The van der Waals surface area contributed by atoms with Gasteiger partial charge in [-0.15, -0.1) is 11.8 Å². The summed E-state index contributed by atoms with van der Waals surface area (Å²) in [7, 11) is 1.34. The molecule has 0 spiro atoms. The molecule has 0 heterocycles. The third-order valence-corrected chi connectivity index (χ3v) is 4.13. The Labute approximate surface area is 144 Å². The number of hydrogen-bond donors (Lipinski definition) is 1. The monoisotopic (exact) mass is 340 g/mol. The van der Waals surface area contributed by atoms with Crippen molar-refractivity contribution in [2.24, 2.45) is 0 Å². The van der Waals surface area contributed by atoms with E-state index in [-0.39, 0.29) is 17.6 Å².